The van der Waals surface area contributed by atoms with Crippen molar-refractivity contribution in [2.24, 2.45) is 0 Å². The zero-order chi connectivity index (χ0) is 27.4. The van der Waals surface area contributed by atoms with Gasteiger partial charge in [-0.25, -0.2) is 0 Å². The summed E-state index contributed by atoms with van der Waals surface area (Å²) in [5.41, 5.74) is 4.30. The third kappa shape index (κ3) is 7.90. The SMILES string of the molecule is C=C1OC(COCc2ccccc2)[C@H](OCc2ccccc2)C(OCc2ccccc2)[C@H]1OCc1ccccc1. The first-order valence-corrected chi connectivity index (χ1v) is 13.7. The van der Waals surface area contributed by atoms with Crippen molar-refractivity contribution in [3.63, 3.8) is 0 Å². The van der Waals surface area contributed by atoms with Gasteiger partial charge in [-0.05, 0) is 22.3 Å². The van der Waals surface area contributed by atoms with Crippen molar-refractivity contribution >= 4 is 0 Å². The Hall–Kier alpha value is -3.74. The van der Waals surface area contributed by atoms with Crippen LogP contribution >= 0.6 is 0 Å². The Morgan fingerprint density at radius 2 is 0.900 bits per heavy atom. The van der Waals surface area contributed by atoms with E-state index in [2.05, 4.69) is 6.58 Å². The van der Waals surface area contributed by atoms with Crippen LogP contribution in [0.2, 0.25) is 0 Å². The van der Waals surface area contributed by atoms with Crippen LogP contribution in [0.4, 0.5) is 0 Å². The molecule has 0 radical (unpaired) electrons. The maximum Gasteiger partial charge on any atom is 0.150 e. The van der Waals surface area contributed by atoms with Gasteiger partial charge in [-0.3, -0.25) is 0 Å². The average Bonchev–Trinajstić information content (AvgIpc) is 3.01. The van der Waals surface area contributed by atoms with Crippen molar-refractivity contribution in [3.8, 4) is 0 Å². The first-order chi connectivity index (χ1) is 19.8. The van der Waals surface area contributed by atoms with E-state index in [-0.39, 0.29) is 0 Å². The summed E-state index contributed by atoms with van der Waals surface area (Å²) in [5, 5.41) is 0. The van der Waals surface area contributed by atoms with Crippen LogP contribution in [-0.2, 0) is 50.1 Å². The zero-order valence-electron chi connectivity index (χ0n) is 22.6. The molecule has 0 bridgehead atoms. The Kier molecular flexibility index (Phi) is 10.1. The quantitative estimate of drug-likeness (QED) is 0.187. The lowest BCUT2D eigenvalue weighted by Crippen LogP contribution is -2.56. The Labute approximate surface area is 236 Å². The number of ether oxygens (including phenoxy) is 5. The molecule has 1 heterocycles. The van der Waals surface area contributed by atoms with E-state index >= 15 is 0 Å². The Morgan fingerprint density at radius 1 is 0.500 bits per heavy atom. The highest BCUT2D eigenvalue weighted by Gasteiger charge is 2.46. The molecule has 0 amide bonds. The van der Waals surface area contributed by atoms with Gasteiger partial charge in [0, 0.05) is 0 Å². The highest BCUT2D eigenvalue weighted by atomic mass is 16.6. The molecule has 0 aliphatic carbocycles. The van der Waals surface area contributed by atoms with Gasteiger partial charge in [0.25, 0.3) is 0 Å². The molecule has 5 heteroatoms. The lowest BCUT2D eigenvalue weighted by molar-refractivity contribution is -0.223. The molecule has 0 saturated carbocycles. The molecule has 0 N–H and O–H groups in total. The van der Waals surface area contributed by atoms with Gasteiger partial charge >= 0.3 is 0 Å². The summed E-state index contributed by atoms with van der Waals surface area (Å²) in [7, 11) is 0. The first kappa shape index (κ1) is 27.8. The van der Waals surface area contributed by atoms with Crippen molar-refractivity contribution in [1.82, 2.24) is 0 Å². The van der Waals surface area contributed by atoms with Gasteiger partial charge < -0.3 is 23.7 Å². The molecule has 0 spiro atoms. The van der Waals surface area contributed by atoms with Crippen LogP contribution in [0.3, 0.4) is 0 Å². The highest BCUT2D eigenvalue weighted by Crippen LogP contribution is 2.32. The van der Waals surface area contributed by atoms with Gasteiger partial charge in [-0.1, -0.05) is 128 Å². The molecule has 0 aromatic heterocycles. The van der Waals surface area contributed by atoms with E-state index in [0.717, 1.165) is 22.3 Å². The number of rotatable bonds is 13. The summed E-state index contributed by atoms with van der Waals surface area (Å²) in [6, 6.07) is 40.4. The minimum absolute atomic E-state index is 0.323. The number of hydrogen-bond donors (Lipinski definition) is 0. The monoisotopic (exact) mass is 536 g/mol. The Morgan fingerprint density at radius 3 is 1.38 bits per heavy atom. The molecule has 4 aromatic rings. The summed E-state index contributed by atoms with van der Waals surface area (Å²) in [5.74, 6) is 0.516. The second-order valence-electron chi connectivity index (χ2n) is 9.86. The van der Waals surface area contributed by atoms with E-state index < -0.39 is 24.4 Å². The van der Waals surface area contributed by atoms with Gasteiger partial charge in [0.15, 0.2) is 6.10 Å². The van der Waals surface area contributed by atoms with Crippen molar-refractivity contribution in [2.45, 2.75) is 50.8 Å². The van der Waals surface area contributed by atoms with Crippen LogP contribution in [0.15, 0.2) is 134 Å². The zero-order valence-corrected chi connectivity index (χ0v) is 22.6. The van der Waals surface area contributed by atoms with Gasteiger partial charge in [-0.2, -0.15) is 0 Å². The third-order valence-electron chi connectivity index (χ3n) is 6.85. The van der Waals surface area contributed by atoms with E-state index in [0.29, 0.717) is 38.8 Å². The molecular formula is C35H36O5. The van der Waals surface area contributed by atoms with Crippen molar-refractivity contribution in [2.75, 3.05) is 6.61 Å². The second-order valence-corrected chi connectivity index (χ2v) is 9.86. The number of hydrogen-bond acceptors (Lipinski definition) is 5. The normalized spacial score (nSPS) is 20.6. The minimum atomic E-state index is -0.518. The lowest BCUT2D eigenvalue weighted by Gasteiger charge is -2.43. The smallest absolute Gasteiger partial charge is 0.150 e. The van der Waals surface area contributed by atoms with Gasteiger partial charge in [0.2, 0.25) is 0 Å². The van der Waals surface area contributed by atoms with Crippen LogP contribution in [0.5, 0.6) is 0 Å². The summed E-state index contributed by atoms with van der Waals surface area (Å²) in [6.45, 7) is 6.26. The fourth-order valence-corrected chi connectivity index (χ4v) is 4.76. The molecule has 5 rings (SSSR count). The van der Waals surface area contributed by atoms with Crippen molar-refractivity contribution < 1.29 is 23.7 Å². The third-order valence-corrected chi connectivity index (χ3v) is 6.85. The topological polar surface area (TPSA) is 46.2 Å². The molecule has 4 atom stereocenters. The fourth-order valence-electron chi connectivity index (χ4n) is 4.76. The van der Waals surface area contributed by atoms with Crippen LogP contribution in [0, 0.1) is 0 Å². The molecule has 1 fully saturated rings. The van der Waals surface area contributed by atoms with Crippen LogP contribution < -0.4 is 0 Å². The van der Waals surface area contributed by atoms with E-state index in [9.17, 15) is 0 Å². The summed E-state index contributed by atoms with van der Waals surface area (Å²) < 4.78 is 32.1. The molecule has 1 aliphatic rings. The maximum absolute atomic E-state index is 6.59. The summed E-state index contributed by atoms with van der Waals surface area (Å²) in [6.07, 6.45) is -1.85. The molecule has 1 saturated heterocycles. The van der Waals surface area contributed by atoms with Gasteiger partial charge in [-0.15, -0.1) is 0 Å². The van der Waals surface area contributed by atoms with Crippen LogP contribution in [0.25, 0.3) is 0 Å². The molecule has 2 unspecified atom stereocenters. The van der Waals surface area contributed by atoms with Gasteiger partial charge in [0.1, 0.15) is 24.1 Å². The van der Waals surface area contributed by atoms with E-state index in [4.69, 9.17) is 23.7 Å². The maximum atomic E-state index is 6.59. The predicted molar refractivity (Wildman–Crippen MR) is 155 cm³/mol. The largest absolute Gasteiger partial charge is 0.487 e. The summed E-state index contributed by atoms with van der Waals surface area (Å²) >= 11 is 0. The Bertz CT molecular complexity index is 1280. The lowest BCUT2D eigenvalue weighted by atomic mass is 9.97. The molecule has 40 heavy (non-hydrogen) atoms. The molecular weight excluding hydrogens is 500 g/mol. The molecule has 4 aromatic carbocycles. The second kappa shape index (κ2) is 14.6. The predicted octanol–water partition coefficient (Wildman–Crippen LogP) is 6.87. The van der Waals surface area contributed by atoms with E-state index in [1.165, 1.54) is 0 Å². The first-order valence-electron chi connectivity index (χ1n) is 13.7. The molecule has 5 nitrogen and oxygen atoms in total. The van der Waals surface area contributed by atoms with Crippen molar-refractivity contribution in [1.29, 1.82) is 0 Å². The highest BCUT2D eigenvalue weighted by molar-refractivity contribution is 5.17. The van der Waals surface area contributed by atoms with Crippen LogP contribution in [-0.4, -0.2) is 31.0 Å². The standard InChI is InChI=1S/C35H36O5/c1-27-33(37-23-29-16-8-3-9-17-29)35(39-25-31-20-12-5-13-21-31)34(38-24-30-18-10-4-11-19-30)32(40-27)26-36-22-28-14-6-2-7-15-28/h2-21,32-35H,1,22-26H2/t32?,33-,34-,35?/m0/s1. The van der Waals surface area contributed by atoms with E-state index in [1.807, 2.05) is 121 Å². The van der Waals surface area contributed by atoms with Crippen molar-refractivity contribution in [3.05, 3.63) is 156 Å². The molecule has 1 aliphatic heterocycles. The fraction of sp³-hybridized carbons (Fsp3) is 0.257. The Balaban J connectivity index is 1.36. The van der Waals surface area contributed by atoms with E-state index in [1.54, 1.807) is 0 Å². The molecule has 206 valence electrons. The van der Waals surface area contributed by atoms with Crippen LogP contribution in [0.1, 0.15) is 22.3 Å². The average molecular weight is 537 g/mol. The van der Waals surface area contributed by atoms with Gasteiger partial charge in [0.05, 0.1) is 33.0 Å². The number of benzene rings is 4. The minimum Gasteiger partial charge on any atom is -0.487 e. The summed E-state index contributed by atoms with van der Waals surface area (Å²) in [4.78, 5) is 0.